The third kappa shape index (κ3) is 2.86. The average molecular weight is 297 g/mol. The molecule has 22 heavy (non-hydrogen) atoms. The van der Waals surface area contributed by atoms with Gasteiger partial charge in [-0.05, 0) is 30.7 Å². The summed E-state index contributed by atoms with van der Waals surface area (Å²) in [5, 5.41) is 0. The minimum Gasteiger partial charge on any atom is -0.383 e. The molecule has 6 nitrogen and oxygen atoms in total. The van der Waals surface area contributed by atoms with E-state index in [4.69, 9.17) is 5.73 Å². The van der Waals surface area contributed by atoms with Crippen molar-refractivity contribution >= 4 is 17.4 Å². The van der Waals surface area contributed by atoms with Crippen molar-refractivity contribution in [3.63, 3.8) is 0 Å². The molecule has 0 atom stereocenters. The van der Waals surface area contributed by atoms with E-state index in [9.17, 15) is 4.79 Å². The maximum atomic E-state index is 12.4. The zero-order chi connectivity index (χ0) is 15.5. The molecule has 1 fully saturated rings. The summed E-state index contributed by atoms with van der Waals surface area (Å²) >= 11 is 0. The molecule has 6 heteroatoms. The summed E-state index contributed by atoms with van der Waals surface area (Å²) in [4.78, 5) is 24.7. The highest BCUT2D eigenvalue weighted by Gasteiger charge is 2.22. The fourth-order valence-corrected chi connectivity index (χ4v) is 2.58. The van der Waals surface area contributed by atoms with E-state index >= 15 is 0 Å². The second-order valence-electron chi connectivity index (χ2n) is 5.42. The number of carbonyl (C=O) groups is 1. The van der Waals surface area contributed by atoms with E-state index in [1.54, 1.807) is 30.7 Å². The van der Waals surface area contributed by atoms with Crippen LogP contribution in [0.1, 0.15) is 15.9 Å². The first-order valence-electron chi connectivity index (χ1n) is 7.31. The number of hydrogen-bond donors (Lipinski definition) is 1. The zero-order valence-corrected chi connectivity index (χ0v) is 12.6. The lowest BCUT2D eigenvalue weighted by atomic mass is 10.2. The molecular formula is C16H19N5O. The van der Waals surface area contributed by atoms with Gasteiger partial charge in [-0.25, -0.2) is 4.98 Å². The van der Waals surface area contributed by atoms with Crippen molar-refractivity contribution in [2.24, 2.45) is 0 Å². The number of piperazine rings is 1. The van der Waals surface area contributed by atoms with Crippen molar-refractivity contribution in [3.8, 4) is 0 Å². The first-order valence-corrected chi connectivity index (χ1v) is 7.31. The maximum Gasteiger partial charge on any atom is 0.255 e. The van der Waals surface area contributed by atoms with E-state index in [2.05, 4.69) is 14.9 Å². The number of hydrogen-bond acceptors (Lipinski definition) is 5. The van der Waals surface area contributed by atoms with Gasteiger partial charge < -0.3 is 15.5 Å². The molecule has 1 aliphatic heterocycles. The van der Waals surface area contributed by atoms with E-state index < -0.39 is 0 Å². The number of anilines is 2. The van der Waals surface area contributed by atoms with Gasteiger partial charge in [-0.3, -0.25) is 9.78 Å². The Bertz CT molecular complexity index is 665. The van der Waals surface area contributed by atoms with Gasteiger partial charge in [0.1, 0.15) is 5.82 Å². The number of rotatable bonds is 2. The molecule has 1 aliphatic rings. The van der Waals surface area contributed by atoms with Gasteiger partial charge >= 0.3 is 0 Å². The molecule has 2 aromatic rings. The number of nitrogens with zero attached hydrogens (tertiary/aromatic N) is 4. The van der Waals surface area contributed by atoms with E-state index in [0.29, 0.717) is 24.5 Å². The van der Waals surface area contributed by atoms with Crippen molar-refractivity contribution < 1.29 is 4.79 Å². The van der Waals surface area contributed by atoms with Gasteiger partial charge in [-0.1, -0.05) is 0 Å². The number of nitrogen functional groups attached to an aromatic ring is 1. The quantitative estimate of drug-likeness (QED) is 0.905. The van der Waals surface area contributed by atoms with Crippen LogP contribution in [0.25, 0.3) is 0 Å². The van der Waals surface area contributed by atoms with E-state index in [-0.39, 0.29) is 5.91 Å². The Morgan fingerprint density at radius 1 is 1.23 bits per heavy atom. The summed E-state index contributed by atoms with van der Waals surface area (Å²) in [6.07, 6.45) is 5.08. The first-order chi connectivity index (χ1) is 10.6. The topological polar surface area (TPSA) is 75.3 Å². The van der Waals surface area contributed by atoms with Crippen LogP contribution in [0.15, 0.2) is 36.8 Å². The summed E-state index contributed by atoms with van der Waals surface area (Å²) in [5.41, 5.74) is 8.43. The summed E-state index contributed by atoms with van der Waals surface area (Å²) in [5.74, 6) is 0.605. The van der Waals surface area contributed by atoms with Crippen molar-refractivity contribution in [1.82, 2.24) is 14.9 Å². The van der Waals surface area contributed by atoms with Crippen LogP contribution < -0.4 is 10.6 Å². The van der Waals surface area contributed by atoms with Gasteiger partial charge in [0.15, 0.2) is 0 Å². The summed E-state index contributed by atoms with van der Waals surface area (Å²) < 4.78 is 0. The van der Waals surface area contributed by atoms with Gasteiger partial charge in [0.25, 0.3) is 5.91 Å². The lowest BCUT2D eigenvalue weighted by Crippen LogP contribution is -2.48. The zero-order valence-electron chi connectivity index (χ0n) is 12.6. The number of nitrogens with two attached hydrogens (primary N) is 1. The normalized spacial score (nSPS) is 15.0. The van der Waals surface area contributed by atoms with Crippen LogP contribution in [-0.4, -0.2) is 47.0 Å². The predicted molar refractivity (Wildman–Crippen MR) is 85.7 cm³/mol. The van der Waals surface area contributed by atoms with Crippen molar-refractivity contribution in [2.75, 3.05) is 36.8 Å². The molecule has 2 N–H and O–H groups in total. The average Bonchev–Trinajstić information content (AvgIpc) is 2.58. The third-order valence-electron chi connectivity index (χ3n) is 3.94. The number of amides is 1. The number of pyridine rings is 2. The maximum absolute atomic E-state index is 12.4. The third-order valence-corrected chi connectivity index (χ3v) is 3.94. The standard InChI is InChI=1S/C16H19N5O/c1-12-9-14(11-19-15(12)17)20-5-7-21(8-6-20)16(22)13-3-2-4-18-10-13/h2-4,9-11H,5-8H2,1H3,(H2,17,19). The van der Waals surface area contributed by atoms with Crippen LogP contribution in [-0.2, 0) is 0 Å². The summed E-state index contributed by atoms with van der Waals surface area (Å²) in [7, 11) is 0. The van der Waals surface area contributed by atoms with Crippen LogP contribution >= 0.6 is 0 Å². The molecule has 1 saturated heterocycles. The Morgan fingerprint density at radius 2 is 2.00 bits per heavy atom. The second kappa shape index (κ2) is 6.01. The first kappa shape index (κ1) is 14.3. The smallest absolute Gasteiger partial charge is 0.255 e. The Hall–Kier alpha value is -2.63. The lowest BCUT2D eigenvalue weighted by Gasteiger charge is -2.36. The molecule has 0 aromatic carbocycles. The monoisotopic (exact) mass is 297 g/mol. The molecule has 0 bridgehead atoms. The number of carbonyl (C=O) groups excluding carboxylic acids is 1. The lowest BCUT2D eigenvalue weighted by molar-refractivity contribution is 0.0746. The molecule has 3 heterocycles. The molecule has 0 radical (unpaired) electrons. The fourth-order valence-electron chi connectivity index (χ4n) is 2.58. The van der Waals surface area contributed by atoms with Crippen LogP contribution in [0.2, 0.25) is 0 Å². The van der Waals surface area contributed by atoms with Gasteiger partial charge in [0.2, 0.25) is 0 Å². The molecule has 0 spiro atoms. The predicted octanol–water partition coefficient (Wildman–Crippen LogP) is 1.33. The van der Waals surface area contributed by atoms with Crippen LogP contribution in [0.4, 0.5) is 11.5 Å². The van der Waals surface area contributed by atoms with Gasteiger partial charge in [0.05, 0.1) is 17.4 Å². The number of aryl methyl sites for hydroxylation is 1. The Balaban J connectivity index is 1.65. The minimum atomic E-state index is 0.0411. The van der Waals surface area contributed by atoms with Gasteiger partial charge in [0, 0.05) is 38.6 Å². The van der Waals surface area contributed by atoms with Crippen LogP contribution in [0.5, 0.6) is 0 Å². The van der Waals surface area contributed by atoms with E-state index in [1.165, 1.54) is 0 Å². The molecule has 1 amide bonds. The van der Waals surface area contributed by atoms with Crippen molar-refractivity contribution in [1.29, 1.82) is 0 Å². The summed E-state index contributed by atoms with van der Waals surface area (Å²) in [6, 6.07) is 5.63. The second-order valence-corrected chi connectivity index (χ2v) is 5.42. The molecular weight excluding hydrogens is 278 g/mol. The van der Waals surface area contributed by atoms with Gasteiger partial charge in [-0.15, -0.1) is 0 Å². The van der Waals surface area contributed by atoms with E-state index in [0.717, 1.165) is 24.3 Å². The van der Waals surface area contributed by atoms with Crippen LogP contribution in [0, 0.1) is 6.92 Å². The highest BCUT2D eigenvalue weighted by Crippen LogP contribution is 2.20. The molecule has 0 aliphatic carbocycles. The molecule has 0 saturated carbocycles. The molecule has 0 unspecified atom stereocenters. The number of aromatic nitrogens is 2. The molecule has 2 aromatic heterocycles. The van der Waals surface area contributed by atoms with E-state index in [1.807, 2.05) is 17.9 Å². The highest BCUT2D eigenvalue weighted by atomic mass is 16.2. The minimum absolute atomic E-state index is 0.0411. The van der Waals surface area contributed by atoms with Gasteiger partial charge in [-0.2, -0.15) is 0 Å². The Labute approximate surface area is 129 Å². The summed E-state index contributed by atoms with van der Waals surface area (Å²) in [6.45, 7) is 4.91. The highest BCUT2D eigenvalue weighted by molar-refractivity contribution is 5.94. The fraction of sp³-hybridized carbons (Fsp3) is 0.312. The largest absolute Gasteiger partial charge is 0.383 e. The van der Waals surface area contributed by atoms with Crippen molar-refractivity contribution in [3.05, 3.63) is 47.9 Å². The Kier molecular flexibility index (Phi) is 3.91. The molecule has 3 rings (SSSR count). The molecule has 114 valence electrons. The SMILES string of the molecule is Cc1cc(N2CCN(C(=O)c3cccnc3)CC2)cnc1N. The Morgan fingerprint density at radius 3 is 2.64 bits per heavy atom. The van der Waals surface area contributed by atoms with Crippen LogP contribution in [0.3, 0.4) is 0 Å². The van der Waals surface area contributed by atoms with Crippen molar-refractivity contribution in [2.45, 2.75) is 6.92 Å².